The average molecular weight is 521 g/mol. The second-order valence-corrected chi connectivity index (χ2v) is 10.2. The van der Waals surface area contributed by atoms with Crippen molar-refractivity contribution in [2.45, 2.75) is 4.21 Å². The number of carbonyl (C=O) groups excluding carboxylic acids is 1. The van der Waals surface area contributed by atoms with Crippen LogP contribution in [0.2, 0.25) is 9.36 Å². The predicted octanol–water partition coefficient (Wildman–Crippen LogP) is 6.26. The fourth-order valence-corrected chi connectivity index (χ4v) is 5.52. The molecule has 0 aliphatic carbocycles. The Morgan fingerprint density at radius 3 is 2.11 bits per heavy atom. The molecule has 6 nitrogen and oxygen atoms in total. The van der Waals surface area contributed by atoms with Gasteiger partial charge in [0.05, 0.1) is 22.1 Å². The molecule has 11 heteroatoms. The first-order valence-electron chi connectivity index (χ1n) is 7.65. The van der Waals surface area contributed by atoms with Gasteiger partial charge in [0.25, 0.3) is 10.0 Å². The number of hydrogen-bond acceptors (Lipinski definition) is 4. The standard InChI is InChI=1S/C17H12BrCl2N3O3S2/c18-10-5-1-2-6-12(10)21-17(24)22-13-7-3-4-8-14(13)23-28(25,26)15-9-11(19)16(20)27-15/h1-9,23H,(H2,21,22,24). The van der Waals surface area contributed by atoms with Crippen molar-refractivity contribution in [3.05, 3.63) is 68.4 Å². The highest BCUT2D eigenvalue weighted by Gasteiger charge is 2.21. The number of para-hydroxylation sites is 3. The molecule has 3 N–H and O–H groups in total. The summed E-state index contributed by atoms with van der Waals surface area (Å²) in [5.74, 6) is 0. The minimum atomic E-state index is -3.92. The van der Waals surface area contributed by atoms with Crippen LogP contribution in [0.1, 0.15) is 0 Å². The number of sulfonamides is 1. The second-order valence-electron chi connectivity index (χ2n) is 5.40. The first-order chi connectivity index (χ1) is 13.3. The fourth-order valence-electron chi connectivity index (χ4n) is 2.17. The summed E-state index contributed by atoms with van der Waals surface area (Å²) in [7, 11) is -3.92. The van der Waals surface area contributed by atoms with Gasteiger partial charge in [-0.15, -0.1) is 11.3 Å². The summed E-state index contributed by atoms with van der Waals surface area (Å²) in [5.41, 5.74) is 1.05. The Hall–Kier alpha value is -1.78. The van der Waals surface area contributed by atoms with Crippen LogP contribution in [-0.4, -0.2) is 14.4 Å². The average Bonchev–Trinajstić information content (AvgIpc) is 2.98. The van der Waals surface area contributed by atoms with E-state index in [9.17, 15) is 13.2 Å². The lowest BCUT2D eigenvalue weighted by Crippen LogP contribution is -2.21. The first-order valence-corrected chi connectivity index (χ1v) is 11.5. The van der Waals surface area contributed by atoms with Gasteiger partial charge in [0.15, 0.2) is 0 Å². The van der Waals surface area contributed by atoms with Gasteiger partial charge in [-0.3, -0.25) is 4.72 Å². The van der Waals surface area contributed by atoms with Gasteiger partial charge in [-0.05, 0) is 46.3 Å². The number of halogens is 3. The number of nitrogens with one attached hydrogen (secondary N) is 3. The van der Waals surface area contributed by atoms with Crippen LogP contribution in [0.15, 0.2) is 63.3 Å². The molecule has 1 aromatic heterocycles. The quantitative estimate of drug-likeness (QED) is 0.371. The van der Waals surface area contributed by atoms with Gasteiger partial charge in [-0.2, -0.15) is 0 Å². The van der Waals surface area contributed by atoms with E-state index in [0.29, 0.717) is 10.2 Å². The number of amides is 2. The molecule has 146 valence electrons. The third-order valence-electron chi connectivity index (χ3n) is 3.43. The molecule has 0 saturated heterocycles. The molecular weight excluding hydrogens is 509 g/mol. The van der Waals surface area contributed by atoms with E-state index in [2.05, 4.69) is 31.3 Å². The van der Waals surface area contributed by atoms with Crippen LogP contribution < -0.4 is 15.4 Å². The largest absolute Gasteiger partial charge is 0.323 e. The molecule has 0 aliphatic heterocycles. The van der Waals surface area contributed by atoms with E-state index in [1.807, 2.05) is 6.07 Å². The summed E-state index contributed by atoms with van der Waals surface area (Å²) in [4.78, 5) is 12.3. The van der Waals surface area contributed by atoms with Gasteiger partial charge >= 0.3 is 6.03 Å². The topological polar surface area (TPSA) is 87.3 Å². The molecule has 0 spiro atoms. The van der Waals surface area contributed by atoms with E-state index < -0.39 is 16.1 Å². The van der Waals surface area contributed by atoms with E-state index in [1.54, 1.807) is 36.4 Å². The molecule has 0 unspecified atom stereocenters. The van der Waals surface area contributed by atoms with Gasteiger partial charge in [-0.1, -0.05) is 47.5 Å². The number of urea groups is 1. The molecule has 28 heavy (non-hydrogen) atoms. The summed E-state index contributed by atoms with van der Waals surface area (Å²) in [6.45, 7) is 0. The summed E-state index contributed by atoms with van der Waals surface area (Å²) in [6.07, 6.45) is 0. The van der Waals surface area contributed by atoms with Crippen LogP contribution in [0, 0.1) is 0 Å². The molecule has 3 aromatic rings. The van der Waals surface area contributed by atoms with Crippen LogP contribution in [0.25, 0.3) is 0 Å². The van der Waals surface area contributed by atoms with Crippen molar-refractivity contribution in [2.75, 3.05) is 15.4 Å². The Balaban J connectivity index is 1.79. The predicted molar refractivity (Wildman–Crippen MR) is 118 cm³/mol. The Morgan fingerprint density at radius 1 is 0.929 bits per heavy atom. The third kappa shape index (κ3) is 4.98. The molecule has 0 fully saturated rings. The van der Waals surface area contributed by atoms with Crippen molar-refractivity contribution in [3.8, 4) is 0 Å². The lowest BCUT2D eigenvalue weighted by Gasteiger charge is -2.14. The lowest BCUT2D eigenvalue weighted by molar-refractivity contribution is 0.262. The molecular formula is C17H12BrCl2N3O3S2. The summed E-state index contributed by atoms with van der Waals surface area (Å²) in [5, 5.41) is 5.47. The van der Waals surface area contributed by atoms with Gasteiger partial charge < -0.3 is 10.6 Å². The lowest BCUT2D eigenvalue weighted by atomic mass is 10.3. The van der Waals surface area contributed by atoms with Gasteiger partial charge in [-0.25, -0.2) is 13.2 Å². The van der Waals surface area contributed by atoms with Crippen molar-refractivity contribution in [1.82, 2.24) is 0 Å². The van der Waals surface area contributed by atoms with E-state index in [1.165, 1.54) is 12.1 Å². The number of carbonyl (C=O) groups is 1. The van der Waals surface area contributed by atoms with Crippen molar-refractivity contribution in [3.63, 3.8) is 0 Å². The van der Waals surface area contributed by atoms with E-state index >= 15 is 0 Å². The highest BCUT2D eigenvalue weighted by atomic mass is 79.9. The Bertz CT molecular complexity index is 1120. The maximum absolute atomic E-state index is 12.6. The minimum Gasteiger partial charge on any atom is -0.307 e. The molecule has 0 bridgehead atoms. The maximum atomic E-state index is 12.6. The molecule has 0 saturated carbocycles. The number of rotatable bonds is 5. The van der Waals surface area contributed by atoms with E-state index in [0.717, 1.165) is 11.3 Å². The van der Waals surface area contributed by atoms with E-state index in [-0.39, 0.29) is 24.9 Å². The number of benzene rings is 2. The minimum absolute atomic E-state index is 0.0324. The van der Waals surface area contributed by atoms with E-state index in [4.69, 9.17) is 23.2 Å². The highest BCUT2D eigenvalue weighted by molar-refractivity contribution is 9.10. The van der Waals surface area contributed by atoms with Crippen LogP contribution in [-0.2, 0) is 10.0 Å². The van der Waals surface area contributed by atoms with Crippen LogP contribution in [0.3, 0.4) is 0 Å². The van der Waals surface area contributed by atoms with Crippen LogP contribution in [0.5, 0.6) is 0 Å². The van der Waals surface area contributed by atoms with Crippen molar-refractivity contribution in [2.24, 2.45) is 0 Å². The Morgan fingerprint density at radius 2 is 1.50 bits per heavy atom. The molecule has 0 radical (unpaired) electrons. The number of thiophene rings is 1. The van der Waals surface area contributed by atoms with Gasteiger partial charge in [0.1, 0.15) is 8.55 Å². The smallest absolute Gasteiger partial charge is 0.307 e. The summed E-state index contributed by atoms with van der Waals surface area (Å²) < 4.78 is 28.5. The van der Waals surface area contributed by atoms with Crippen molar-refractivity contribution >= 4 is 83.6 Å². The SMILES string of the molecule is O=C(Nc1ccccc1Br)Nc1ccccc1NS(=O)(=O)c1cc(Cl)c(Cl)s1. The molecule has 2 amide bonds. The van der Waals surface area contributed by atoms with Crippen molar-refractivity contribution in [1.29, 1.82) is 0 Å². The second kappa shape index (κ2) is 8.71. The zero-order chi connectivity index (χ0) is 20.3. The van der Waals surface area contributed by atoms with Gasteiger partial charge in [0, 0.05) is 4.47 Å². The molecule has 2 aromatic carbocycles. The van der Waals surface area contributed by atoms with Crippen LogP contribution >= 0.6 is 50.5 Å². The zero-order valence-corrected chi connectivity index (χ0v) is 18.6. The summed E-state index contributed by atoms with van der Waals surface area (Å²) >= 11 is 15.9. The van der Waals surface area contributed by atoms with Gasteiger partial charge in [0.2, 0.25) is 0 Å². The number of anilines is 3. The monoisotopic (exact) mass is 519 g/mol. The Kier molecular flexibility index (Phi) is 6.51. The first kappa shape index (κ1) is 20.9. The molecule has 0 aliphatic rings. The highest BCUT2D eigenvalue weighted by Crippen LogP contribution is 2.35. The molecule has 3 rings (SSSR count). The zero-order valence-electron chi connectivity index (χ0n) is 13.9. The molecule has 0 atom stereocenters. The maximum Gasteiger partial charge on any atom is 0.323 e. The fraction of sp³-hybridized carbons (Fsp3) is 0. The van der Waals surface area contributed by atoms with Crippen molar-refractivity contribution < 1.29 is 13.2 Å². The third-order valence-corrected chi connectivity index (χ3v) is 7.83. The normalized spacial score (nSPS) is 11.1. The summed E-state index contributed by atoms with van der Waals surface area (Å²) in [6, 6.07) is 14.3. The molecule has 1 heterocycles. The van der Waals surface area contributed by atoms with Crippen LogP contribution in [0.4, 0.5) is 21.9 Å². The number of hydrogen-bond donors (Lipinski definition) is 3. The Labute approximate surface area is 184 Å².